The van der Waals surface area contributed by atoms with Crippen LogP contribution in [0.4, 0.5) is 4.39 Å². The Morgan fingerprint density at radius 1 is 1.46 bits per heavy atom. The van der Waals surface area contributed by atoms with Crippen LogP contribution in [0.5, 0.6) is 5.75 Å². The Labute approximate surface area is 81.4 Å². The van der Waals surface area contributed by atoms with Gasteiger partial charge in [0.15, 0.2) is 0 Å². The van der Waals surface area contributed by atoms with Crippen LogP contribution in [0.15, 0.2) is 18.2 Å². The number of nitrogens with two attached hydrogens (primary N) is 1. The van der Waals surface area contributed by atoms with Gasteiger partial charge in [0.1, 0.15) is 11.6 Å². The van der Waals surface area contributed by atoms with Gasteiger partial charge in [0.05, 0.1) is 12.6 Å². The zero-order valence-corrected chi connectivity index (χ0v) is 7.59. The molecule has 0 fully saturated rings. The normalized spacial score (nSPS) is 11.9. The zero-order valence-electron chi connectivity index (χ0n) is 6.77. The van der Waals surface area contributed by atoms with Gasteiger partial charge < -0.3 is 15.9 Å². The highest BCUT2D eigenvalue weighted by atomic mass is 35.5. The summed E-state index contributed by atoms with van der Waals surface area (Å²) in [7, 11) is 0. The second kappa shape index (κ2) is 5.01. The maximum atomic E-state index is 12.9. The first-order valence-electron chi connectivity index (χ1n) is 3.50. The topological polar surface area (TPSA) is 66.5 Å². The highest BCUT2D eigenvalue weighted by Crippen LogP contribution is 2.19. The van der Waals surface area contributed by atoms with Gasteiger partial charge in [-0.3, -0.25) is 0 Å². The van der Waals surface area contributed by atoms with Crippen molar-refractivity contribution in [2.45, 2.75) is 6.04 Å². The van der Waals surface area contributed by atoms with Crippen molar-refractivity contribution in [3.8, 4) is 5.75 Å². The standard InChI is InChI=1S/C8H10FNO2.ClH/c9-7-3-5(12)1-2-6(7)8(10)4-11;/h1-3,8,11-12H,4,10H2;1H/t8-;/m1./s1. The molecule has 0 saturated heterocycles. The third kappa shape index (κ3) is 2.84. The van der Waals surface area contributed by atoms with Gasteiger partial charge >= 0.3 is 0 Å². The number of aromatic hydroxyl groups is 1. The summed E-state index contributed by atoms with van der Waals surface area (Å²) in [5, 5.41) is 17.5. The third-order valence-corrected chi connectivity index (χ3v) is 1.58. The van der Waals surface area contributed by atoms with Crippen molar-refractivity contribution in [2.75, 3.05) is 6.61 Å². The van der Waals surface area contributed by atoms with E-state index in [1.165, 1.54) is 12.1 Å². The summed E-state index contributed by atoms with van der Waals surface area (Å²) in [6.07, 6.45) is 0. The summed E-state index contributed by atoms with van der Waals surface area (Å²) in [6.45, 7) is -0.318. The van der Waals surface area contributed by atoms with Crippen molar-refractivity contribution in [3.63, 3.8) is 0 Å². The van der Waals surface area contributed by atoms with Gasteiger partial charge in [-0.05, 0) is 6.07 Å². The van der Waals surface area contributed by atoms with E-state index in [-0.39, 0.29) is 30.3 Å². The van der Waals surface area contributed by atoms with Crippen LogP contribution in [-0.2, 0) is 0 Å². The largest absolute Gasteiger partial charge is 0.508 e. The Morgan fingerprint density at radius 3 is 2.54 bits per heavy atom. The van der Waals surface area contributed by atoms with E-state index < -0.39 is 11.9 Å². The Hall–Kier alpha value is -0.840. The predicted octanol–water partition coefficient (Wildman–Crippen LogP) is 0.945. The van der Waals surface area contributed by atoms with Gasteiger partial charge in [-0.2, -0.15) is 0 Å². The fraction of sp³-hybridized carbons (Fsp3) is 0.250. The Balaban J connectivity index is 0.00000144. The van der Waals surface area contributed by atoms with Crippen molar-refractivity contribution in [1.29, 1.82) is 0 Å². The molecule has 0 aliphatic rings. The van der Waals surface area contributed by atoms with E-state index in [0.717, 1.165) is 6.07 Å². The molecule has 1 aromatic rings. The molecule has 4 N–H and O–H groups in total. The van der Waals surface area contributed by atoms with Crippen LogP contribution in [0, 0.1) is 5.82 Å². The molecule has 0 aliphatic heterocycles. The average Bonchev–Trinajstić information content (AvgIpc) is 2.03. The molecule has 74 valence electrons. The van der Waals surface area contributed by atoms with Crippen LogP contribution in [0.2, 0.25) is 0 Å². The molecule has 0 radical (unpaired) electrons. The van der Waals surface area contributed by atoms with Crippen molar-refractivity contribution in [2.24, 2.45) is 5.73 Å². The lowest BCUT2D eigenvalue weighted by molar-refractivity contribution is 0.265. The molecule has 0 unspecified atom stereocenters. The van der Waals surface area contributed by atoms with E-state index in [9.17, 15) is 4.39 Å². The maximum Gasteiger partial charge on any atom is 0.131 e. The number of benzene rings is 1. The van der Waals surface area contributed by atoms with Crippen LogP contribution in [-0.4, -0.2) is 16.8 Å². The van der Waals surface area contributed by atoms with Gasteiger partial charge in [0.2, 0.25) is 0 Å². The summed E-state index contributed by atoms with van der Waals surface area (Å²) in [4.78, 5) is 0. The number of aliphatic hydroxyl groups is 1. The SMILES string of the molecule is Cl.N[C@H](CO)c1ccc(O)cc1F. The first kappa shape index (κ1) is 12.2. The zero-order chi connectivity index (χ0) is 9.14. The van der Waals surface area contributed by atoms with Crippen molar-refractivity contribution >= 4 is 12.4 Å². The summed E-state index contributed by atoms with van der Waals surface area (Å²) in [6, 6.07) is 2.91. The highest BCUT2D eigenvalue weighted by Gasteiger charge is 2.09. The number of phenols is 1. The van der Waals surface area contributed by atoms with E-state index in [1.54, 1.807) is 0 Å². The molecule has 13 heavy (non-hydrogen) atoms. The molecule has 1 rings (SSSR count). The van der Waals surface area contributed by atoms with Gasteiger partial charge in [-0.25, -0.2) is 4.39 Å². The fourth-order valence-electron chi connectivity index (χ4n) is 0.915. The van der Waals surface area contributed by atoms with E-state index >= 15 is 0 Å². The van der Waals surface area contributed by atoms with Crippen LogP contribution < -0.4 is 5.73 Å². The molecular weight excluding hydrogens is 197 g/mol. The number of phenolic OH excluding ortho intramolecular Hbond substituents is 1. The molecule has 1 atom stereocenters. The quantitative estimate of drug-likeness (QED) is 0.677. The molecule has 0 spiro atoms. The smallest absolute Gasteiger partial charge is 0.131 e. The molecule has 0 heterocycles. The summed E-state index contributed by atoms with van der Waals surface area (Å²) in [5.74, 6) is -0.752. The van der Waals surface area contributed by atoms with Gasteiger partial charge in [-0.1, -0.05) is 6.07 Å². The van der Waals surface area contributed by atoms with Gasteiger partial charge in [-0.15, -0.1) is 12.4 Å². The lowest BCUT2D eigenvalue weighted by atomic mass is 10.1. The average molecular weight is 208 g/mol. The highest BCUT2D eigenvalue weighted by molar-refractivity contribution is 5.85. The molecule has 0 aliphatic carbocycles. The van der Waals surface area contributed by atoms with Gasteiger partial charge in [0.25, 0.3) is 0 Å². The van der Waals surface area contributed by atoms with E-state index in [1.807, 2.05) is 0 Å². The minimum atomic E-state index is -0.731. The number of hydrogen-bond donors (Lipinski definition) is 3. The Kier molecular flexibility index (Phi) is 4.69. The van der Waals surface area contributed by atoms with E-state index in [4.69, 9.17) is 15.9 Å². The van der Waals surface area contributed by atoms with Crippen molar-refractivity contribution in [1.82, 2.24) is 0 Å². The predicted molar refractivity (Wildman–Crippen MR) is 49.3 cm³/mol. The number of aliphatic hydroxyl groups excluding tert-OH is 1. The molecular formula is C8H11ClFNO2. The minimum Gasteiger partial charge on any atom is -0.508 e. The summed E-state index contributed by atoms with van der Waals surface area (Å²) < 4.78 is 12.9. The lowest BCUT2D eigenvalue weighted by Gasteiger charge is -2.09. The molecule has 1 aromatic carbocycles. The third-order valence-electron chi connectivity index (χ3n) is 1.58. The van der Waals surface area contributed by atoms with Crippen molar-refractivity contribution < 1.29 is 14.6 Å². The van der Waals surface area contributed by atoms with E-state index in [0.29, 0.717) is 0 Å². The molecule has 5 heteroatoms. The molecule has 3 nitrogen and oxygen atoms in total. The van der Waals surface area contributed by atoms with Crippen LogP contribution >= 0.6 is 12.4 Å². The minimum absolute atomic E-state index is 0. The molecule has 0 bridgehead atoms. The summed E-state index contributed by atoms with van der Waals surface area (Å²) >= 11 is 0. The number of hydrogen-bond acceptors (Lipinski definition) is 3. The monoisotopic (exact) mass is 207 g/mol. The first-order chi connectivity index (χ1) is 5.65. The van der Waals surface area contributed by atoms with Crippen molar-refractivity contribution in [3.05, 3.63) is 29.6 Å². The van der Waals surface area contributed by atoms with Crippen LogP contribution in [0.1, 0.15) is 11.6 Å². The Morgan fingerprint density at radius 2 is 2.08 bits per heavy atom. The fourth-order valence-corrected chi connectivity index (χ4v) is 0.915. The number of rotatable bonds is 2. The first-order valence-corrected chi connectivity index (χ1v) is 3.50. The Bertz CT molecular complexity index is 283. The maximum absolute atomic E-state index is 12.9. The molecule has 0 aromatic heterocycles. The molecule has 0 saturated carbocycles. The molecule has 0 amide bonds. The number of halogens is 2. The second-order valence-corrected chi connectivity index (χ2v) is 2.49. The second-order valence-electron chi connectivity index (χ2n) is 2.49. The van der Waals surface area contributed by atoms with Crippen LogP contribution in [0.25, 0.3) is 0 Å². The summed E-state index contributed by atoms with van der Waals surface area (Å²) in [5.41, 5.74) is 5.58. The van der Waals surface area contributed by atoms with E-state index in [2.05, 4.69) is 0 Å². The van der Waals surface area contributed by atoms with Crippen LogP contribution in [0.3, 0.4) is 0 Å². The lowest BCUT2D eigenvalue weighted by Crippen LogP contribution is -2.15. The van der Waals surface area contributed by atoms with Gasteiger partial charge in [0, 0.05) is 11.6 Å².